The van der Waals surface area contributed by atoms with Gasteiger partial charge in [0, 0.05) is 6.54 Å². The van der Waals surface area contributed by atoms with E-state index in [-0.39, 0.29) is 0 Å². The van der Waals surface area contributed by atoms with Crippen molar-refractivity contribution in [2.24, 2.45) is 0 Å². The lowest BCUT2D eigenvalue weighted by Crippen LogP contribution is -2.11. The van der Waals surface area contributed by atoms with Gasteiger partial charge in [-0.15, -0.1) is 0 Å². The summed E-state index contributed by atoms with van der Waals surface area (Å²) in [4.78, 5) is 0. The second-order valence-corrected chi connectivity index (χ2v) is 4.50. The minimum absolute atomic E-state index is 0.523. The molecule has 0 atom stereocenters. The van der Waals surface area contributed by atoms with Crippen LogP contribution in [0.4, 0.5) is 5.69 Å². The fourth-order valence-corrected chi connectivity index (χ4v) is 1.91. The van der Waals surface area contributed by atoms with Crippen molar-refractivity contribution in [1.82, 2.24) is 0 Å². The van der Waals surface area contributed by atoms with Gasteiger partial charge in [0.1, 0.15) is 12.4 Å². The Morgan fingerprint density at radius 1 is 0.889 bits per heavy atom. The molecular weight excluding hydrogens is 269 g/mol. The van der Waals surface area contributed by atoms with Crippen molar-refractivity contribution in [3.05, 3.63) is 58.6 Å². The molecule has 0 aliphatic carbocycles. The highest BCUT2D eigenvalue weighted by molar-refractivity contribution is 6.33. The van der Waals surface area contributed by atoms with Gasteiger partial charge >= 0.3 is 0 Å². The van der Waals surface area contributed by atoms with Crippen LogP contribution in [0.5, 0.6) is 5.75 Å². The normalized spacial score (nSPS) is 10.1. The largest absolute Gasteiger partial charge is 0.490 e. The third-order valence-corrected chi connectivity index (χ3v) is 3.03. The molecule has 0 heterocycles. The van der Waals surface area contributed by atoms with E-state index in [1.54, 1.807) is 6.07 Å². The van der Waals surface area contributed by atoms with Gasteiger partial charge in [-0.1, -0.05) is 47.5 Å². The first kappa shape index (κ1) is 13.1. The van der Waals surface area contributed by atoms with Crippen molar-refractivity contribution in [2.45, 2.75) is 0 Å². The number of ether oxygens (including phenoxy) is 1. The number of para-hydroxylation sites is 2. The molecule has 4 heteroatoms. The first-order valence-corrected chi connectivity index (χ1v) is 6.38. The molecule has 18 heavy (non-hydrogen) atoms. The molecule has 0 unspecified atom stereocenters. The Hall–Kier alpha value is -1.38. The molecule has 0 aromatic heterocycles. The molecule has 0 saturated heterocycles. The second-order valence-electron chi connectivity index (χ2n) is 3.69. The fourth-order valence-electron chi connectivity index (χ4n) is 1.51. The number of hydrogen-bond donors (Lipinski definition) is 1. The fraction of sp³-hybridized carbons (Fsp3) is 0.143. The van der Waals surface area contributed by atoms with Gasteiger partial charge in [0.2, 0.25) is 0 Å². The Morgan fingerprint density at radius 2 is 1.56 bits per heavy atom. The van der Waals surface area contributed by atoms with Gasteiger partial charge in [0.05, 0.1) is 15.7 Å². The zero-order valence-electron chi connectivity index (χ0n) is 9.70. The summed E-state index contributed by atoms with van der Waals surface area (Å²) in [6.45, 7) is 1.18. The quantitative estimate of drug-likeness (QED) is 0.816. The summed E-state index contributed by atoms with van der Waals surface area (Å²) >= 11 is 12.0. The molecule has 0 aliphatic heterocycles. The lowest BCUT2D eigenvalue weighted by Gasteiger charge is -2.10. The molecule has 0 fully saturated rings. The van der Waals surface area contributed by atoms with Crippen LogP contribution in [0, 0.1) is 0 Å². The summed E-state index contributed by atoms with van der Waals surface area (Å²) in [6, 6.07) is 15.0. The molecule has 2 rings (SSSR count). The van der Waals surface area contributed by atoms with Crippen molar-refractivity contribution in [1.29, 1.82) is 0 Å². The van der Waals surface area contributed by atoms with Crippen LogP contribution in [-0.4, -0.2) is 13.2 Å². The molecule has 2 nitrogen and oxygen atoms in total. The van der Waals surface area contributed by atoms with E-state index in [1.807, 2.05) is 42.5 Å². The summed E-state index contributed by atoms with van der Waals surface area (Å²) in [5.41, 5.74) is 0.905. The monoisotopic (exact) mass is 281 g/mol. The van der Waals surface area contributed by atoms with Crippen molar-refractivity contribution >= 4 is 28.9 Å². The Morgan fingerprint density at radius 3 is 2.28 bits per heavy atom. The van der Waals surface area contributed by atoms with E-state index in [0.717, 1.165) is 5.69 Å². The number of halogens is 2. The van der Waals surface area contributed by atoms with Crippen molar-refractivity contribution in [2.75, 3.05) is 18.5 Å². The highest BCUT2D eigenvalue weighted by Gasteiger charge is 2.00. The Labute approximate surface area is 116 Å². The average Bonchev–Trinajstić information content (AvgIpc) is 2.38. The van der Waals surface area contributed by atoms with Gasteiger partial charge in [-0.3, -0.25) is 0 Å². The molecule has 0 aliphatic rings. The molecular formula is C14H13Cl2NO. The highest BCUT2D eigenvalue weighted by Crippen LogP contribution is 2.23. The predicted molar refractivity (Wildman–Crippen MR) is 76.9 cm³/mol. The first-order chi connectivity index (χ1) is 8.77. The third-order valence-electron chi connectivity index (χ3n) is 2.39. The Kier molecular flexibility index (Phi) is 4.73. The first-order valence-electron chi connectivity index (χ1n) is 5.63. The van der Waals surface area contributed by atoms with Crippen LogP contribution in [0.3, 0.4) is 0 Å². The summed E-state index contributed by atoms with van der Waals surface area (Å²) in [7, 11) is 0. The minimum Gasteiger partial charge on any atom is -0.490 e. The van der Waals surface area contributed by atoms with E-state index < -0.39 is 0 Å². The van der Waals surface area contributed by atoms with Crippen LogP contribution in [0.25, 0.3) is 0 Å². The lowest BCUT2D eigenvalue weighted by atomic mass is 10.3. The number of hydrogen-bond acceptors (Lipinski definition) is 2. The van der Waals surface area contributed by atoms with E-state index in [4.69, 9.17) is 27.9 Å². The maximum absolute atomic E-state index is 6.02. The number of rotatable bonds is 5. The summed E-state index contributed by atoms with van der Waals surface area (Å²) in [6.07, 6.45) is 0. The van der Waals surface area contributed by atoms with Crippen LogP contribution in [-0.2, 0) is 0 Å². The van der Waals surface area contributed by atoms with Gasteiger partial charge in [0.15, 0.2) is 0 Å². The summed E-state index contributed by atoms with van der Waals surface area (Å²) in [5.74, 6) is 0.695. The van der Waals surface area contributed by atoms with Crippen LogP contribution < -0.4 is 10.1 Å². The van der Waals surface area contributed by atoms with Gasteiger partial charge < -0.3 is 10.1 Å². The maximum Gasteiger partial charge on any atom is 0.137 e. The maximum atomic E-state index is 6.02. The number of anilines is 1. The minimum atomic E-state index is 0.523. The van der Waals surface area contributed by atoms with E-state index >= 15 is 0 Å². The molecule has 0 spiro atoms. The van der Waals surface area contributed by atoms with Gasteiger partial charge in [-0.2, -0.15) is 0 Å². The molecule has 2 aromatic rings. The van der Waals surface area contributed by atoms with E-state index in [1.165, 1.54) is 0 Å². The van der Waals surface area contributed by atoms with Crippen LogP contribution in [0.2, 0.25) is 10.0 Å². The summed E-state index contributed by atoms with van der Waals surface area (Å²) < 4.78 is 5.56. The standard InChI is InChI=1S/C14H13Cl2NO/c15-11-5-1-3-7-13(11)17-9-10-18-14-8-4-2-6-12(14)16/h1-8,17H,9-10H2. The molecule has 0 amide bonds. The molecule has 0 bridgehead atoms. The van der Waals surface area contributed by atoms with E-state index in [0.29, 0.717) is 28.9 Å². The van der Waals surface area contributed by atoms with Gasteiger partial charge in [0.25, 0.3) is 0 Å². The Bertz CT molecular complexity index is 469. The van der Waals surface area contributed by atoms with Gasteiger partial charge in [-0.25, -0.2) is 0 Å². The van der Waals surface area contributed by atoms with Gasteiger partial charge in [-0.05, 0) is 24.3 Å². The SMILES string of the molecule is Clc1ccccc1NCCOc1ccccc1Cl. The molecule has 2 aromatic carbocycles. The third kappa shape index (κ3) is 3.56. The van der Waals surface area contributed by atoms with Crippen molar-refractivity contribution < 1.29 is 4.74 Å². The predicted octanol–water partition coefficient (Wildman–Crippen LogP) is 4.48. The van der Waals surface area contributed by atoms with Crippen molar-refractivity contribution in [3.63, 3.8) is 0 Å². The van der Waals surface area contributed by atoms with Crippen molar-refractivity contribution in [3.8, 4) is 5.75 Å². The van der Waals surface area contributed by atoms with E-state index in [9.17, 15) is 0 Å². The number of nitrogens with one attached hydrogen (secondary N) is 1. The molecule has 94 valence electrons. The second kappa shape index (κ2) is 6.53. The smallest absolute Gasteiger partial charge is 0.137 e. The highest BCUT2D eigenvalue weighted by atomic mass is 35.5. The molecule has 1 N–H and O–H groups in total. The summed E-state index contributed by atoms with van der Waals surface area (Å²) in [5, 5.41) is 4.53. The van der Waals surface area contributed by atoms with Crippen LogP contribution in [0.1, 0.15) is 0 Å². The topological polar surface area (TPSA) is 21.3 Å². The van der Waals surface area contributed by atoms with Crippen LogP contribution in [0.15, 0.2) is 48.5 Å². The Balaban J connectivity index is 1.80. The van der Waals surface area contributed by atoms with Crippen LogP contribution >= 0.6 is 23.2 Å². The zero-order chi connectivity index (χ0) is 12.8. The number of benzene rings is 2. The zero-order valence-corrected chi connectivity index (χ0v) is 11.2. The average molecular weight is 282 g/mol. The lowest BCUT2D eigenvalue weighted by molar-refractivity contribution is 0.333. The molecule has 0 saturated carbocycles. The molecule has 0 radical (unpaired) electrons. The van der Waals surface area contributed by atoms with E-state index in [2.05, 4.69) is 5.32 Å².